The molecule has 124 valence electrons. The van der Waals surface area contributed by atoms with Crippen LogP contribution in [0.3, 0.4) is 0 Å². The molecule has 1 fully saturated rings. The molecule has 0 spiro atoms. The summed E-state index contributed by atoms with van der Waals surface area (Å²) < 4.78 is 1.92. The van der Waals surface area contributed by atoms with Gasteiger partial charge in [-0.15, -0.1) is 11.3 Å². The first-order valence-electron chi connectivity index (χ1n) is 7.83. The Morgan fingerprint density at radius 3 is 3.00 bits per heavy atom. The minimum atomic E-state index is -0.221. The van der Waals surface area contributed by atoms with Crippen molar-refractivity contribution >= 4 is 28.3 Å². The summed E-state index contributed by atoms with van der Waals surface area (Å²) in [6, 6.07) is 0.0954. The molecule has 2 amide bonds. The molecule has 23 heavy (non-hydrogen) atoms. The highest BCUT2D eigenvalue weighted by molar-refractivity contribution is 7.13. The van der Waals surface area contributed by atoms with Gasteiger partial charge in [0.1, 0.15) is 5.82 Å². The van der Waals surface area contributed by atoms with Crippen LogP contribution in [-0.2, 0) is 6.42 Å². The second kappa shape index (κ2) is 6.57. The summed E-state index contributed by atoms with van der Waals surface area (Å²) in [5.74, 6) is 1.45. The first-order valence-corrected chi connectivity index (χ1v) is 8.71. The fourth-order valence-electron chi connectivity index (χ4n) is 2.58. The lowest BCUT2D eigenvalue weighted by Crippen LogP contribution is -2.32. The quantitative estimate of drug-likeness (QED) is 0.756. The number of aromatic nitrogens is 3. The number of rotatable bonds is 6. The van der Waals surface area contributed by atoms with Gasteiger partial charge in [-0.25, -0.2) is 14.5 Å². The van der Waals surface area contributed by atoms with Gasteiger partial charge < -0.3 is 11.1 Å². The molecule has 8 heteroatoms. The summed E-state index contributed by atoms with van der Waals surface area (Å²) in [5.41, 5.74) is 7.46. The fourth-order valence-corrected chi connectivity index (χ4v) is 3.18. The molecule has 2 aromatic heterocycles. The van der Waals surface area contributed by atoms with E-state index in [4.69, 9.17) is 5.73 Å². The van der Waals surface area contributed by atoms with E-state index in [-0.39, 0.29) is 6.03 Å². The summed E-state index contributed by atoms with van der Waals surface area (Å²) in [7, 11) is 0. The van der Waals surface area contributed by atoms with Crippen molar-refractivity contribution in [3.63, 3.8) is 0 Å². The summed E-state index contributed by atoms with van der Waals surface area (Å²) in [6.07, 6.45) is 4.94. The number of amides is 2. The topological polar surface area (TPSA) is 97.9 Å². The third kappa shape index (κ3) is 3.82. The zero-order chi connectivity index (χ0) is 16.4. The lowest BCUT2D eigenvalue weighted by atomic mass is 10.2. The molecule has 0 bridgehead atoms. The Hall–Kier alpha value is -2.09. The Bertz CT molecular complexity index is 690. The van der Waals surface area contributed by atoms with Crippen LogP contribution in [0.5, 0.6) is 0 Å². The molecular weight excluding hydrogens is 312 g/mol. The molecular formula is C15H22N6OS. The van der Waals surface area contributed by atoms with Crippen LogP contribution < -0.4 is 16.4 Å². The lowest BCUT2D eigenvalue weighted by molar-refractivity contribution is 0.252. The van der Waals surface area contributed by atoms with Gasteiger partial charge in [0.25, 0.3) is 0 Å². The molecule has 4 N–H and O–H groups in total. The minimum Gasteiger partial charge on any atom is -0.375 e. The lowest BCUT2D eigenvalue weighted by Gasteiger charge is -2.16. The van der Waals surface area contributed by atoms with Crippen molar-refractivity contribution in [3.05, 3.63) is 22.8 Å². The van der Waals surface area contributed by atoms with Gasteiger partial charge in [0.2, 0.25) is 0 Å². The van der Waals surface area contributed by atoms with Crippen LogP contribution in [0.15, 0.2) is 11.6 Å². The van der Waals surface area contributed by atoms with Crippen molar-refractivity contribution < 1.29 is 4.79 Å². The van der Waals surface area contributed by atoms with Gasteiger partial charge in [-0.05, 0) is 32.6 Å². The second-order valence-corrected chi connectivity index (χ2v) is 6.90. The number of nitrogens with one attached hydrogen (secondary N) is 2. The molecule has 0 aliphatic heterocycles. The monoisotopic (exact) mass is 334 g/mol. The molecule has 2 heterocycles. The number of carbonyl (C=O) groups excluding carboxylic acids is 1. The Morgan fingerprint density at radius 2 is 2.35 bits per heavy atom. The SMILES string of the molecule is Cc1cnn([C@@H](C)C2CC2)c1NC(=O)NCCc1csc(N)n1. The second-order valence-electron chi connectivity index (χ2n) is 6.01. The molecule has 1 aliphatic carbocycles. The number of anilines is 2. The van der Waals surface area contributed by atoms with Gasteiger partial charge in [-0.1, -0.05) is 0 Å². The largest absolute Gasteiger partial charge is 0.375 e. The summed E-state index contributed by atoms with van der Waals surface area (Å²) in [4.78, 5) is 16.3. The number of nitrogens with two attached hydrogens (primary N) is 1. The summed E-state index contributed by atoms with van der Waals surface area (Å²) in [5, 5.41) is 12.6. The van der Waals surface area contributed by atoms with E-state index in [1.807, 2.05) is 17.0 Å². The number of hydrogen-bond acceptors (Lipinski definition) is 5. The van der Waals surface area contributed by atoms with Crippen LogP contribution in [0.25, 0.3) is 0 Å². The van der Waals surface area contributed by atoms with E-state index in [1.54, 1.807) is 6.20 Å². The third-order valence-corrected chi connectivity index (χ3v) is 4.86. The number of carbonyl (C=O) groups is 1. The number of nitrogens with zero attached hydrogens (tertiary/aromatic N) is 3. The molecule has 0 unspecified atom stereocenters. The number of thiazole rings is 1. The molecule has 0 aromatic carbocycles. The van der Waals surface area contributed by atoms with Crippen LogP contribution in [0.2, 0.25) is 0 Å². The van der Waals surface area contributed by atoms with Crippen molar-refractivity contribution in [2.45, 2.75) is 39.2 Å². The molecule has 1 aliphatic rings. The van der Waals surface area contributed by atoms with Crippen LogP contribution in [0.4, 0.5) is 15.7 Å². The van der Waals surface area contributed by atoms with Gasteiger partial charge in [0.15, 0.2) is 5.13 Å². The molecule has 2 aromatic rings. The molecule has 0 saturated heterocycles. The predicted molar refractivity (Wildman–Crippen MR) is 91.7 cm³/mol. The van der Waals surface area contributed by atoms with E-state index >= 15 is 0 Å². The molecule has 1 saturated carbocycles. The van der Waals surface area contributed by atoms with Crippen LogP contribution in [0.1, 0.15) is 37.1 Å². The highest BCUT2D eigenvalue weighted by Crippen LogP contribution is 2.40. The maximum Gasteiger partial charge on any atom is 0.320 e. The van der Waals surface area contributed by atoms with Crippen LogP contribution in [0, 0.1) is 12.8 Å². The predicted octanol–water partition coefficient (Wildman–Crippen LogP) is 2.57. The van der Waals surface area contributed by atoms with Gasteiger partial charge in [-0.2, -0.15) is 5.10 Å². The van der Waals surface area contributed by atoms with E-state index < -0.39 is 0 Å². The fraction of sp³-hybridized carbons (Fsp3) is 0.533. The standard InChI is InChI=1S/C15H22N6OS/c1-9-7-18-21(10(2)11-3-4-11)13(9)20-15(22)17-6-5-12-8-23-14(16)19-12/h7-8,10-11H,3-6H2,1-2H3,(H2,16,19)(H2,17,20,22)/t10-/m0/s1. The van der Waals surface area contributed by atoms with Crippen molar-refractivity contribution in [1.29, 1.82) is 0 Å². The minimum absolute atomic E-state index is 0.221. The summed E-state index contributed by atoms with van der Waals surface area (Å²) in [6.45, 7) is 4.62. The summed E-state index contributed by atoms with van der Waals surface area (Å²) >= 11 is 1.41. The Labute approximate surface area is 139 Å². The normalized spacial score (nSPS) is 15.4. The molecule has 7 nitrogen and oxygen atoms in total. The van der Waals surface area contributed by atoms with Gasteiger partial charge in [-0.3, -0.25) is 5.32 Å². The number of aryl methyl sites for hydroxylation is 1. The van der Waals surface area contributed by atoms with Gasteiger partial charge in [0.05, 0.1) is 17.9 Å². The highest BCUT2D eigenvalue weighted by atomic mass is 32.1. The number of nitrogen functional groups attached to an aromatic ring is 1. The van der Waals surface area contributed by atoms with Gasteiger partial charge >= 0.3 is 6.03 Å². The van der Waals surface area contributed by atoms with Crippen molar-refractivity contribution in [3.8, 4) is 0 Å². The molecule has 3 rings (SSSR count). The zero-order valence-electron chi connectivity index (χ0n) is 13.4. The molecule has 0 radical (unpaired) electrons. The third-order valence-electron chi connectivity index (χ3n) is 4.14. The first kappa shape index (κ1) is 15.8. The first-order chi connectivity index (χ1) is 11.0. The highest BCUT2D eigenvalue weighted by Gasteiger charge is 2.31. The van der Waals surface area contributed by atoms with Gasteiger partial charge in [0, 0.05) is 23.9 Å². The number of hydrogen-bond donors (Lipinski definition) is 3. The Balaban J connectivity index is 1.54. The van der Waals surface area contributed by atoms with E-state index in [0.717, 1.165) is 17.1 Å². The van der Waals surface area contributed by atoms with E-state index in [1.165, 1.54) is 24.2 Å². The van der Waals surface area contributed by atoms with Crippen LogP contribution >= 0.6 is 11.3 Å². The zero-order valence-corrected chi connectivity index (χ0v) is 14.2. The smallest absolute Gasteiger partial charge is 0.320 e. The Morgan fingerprint density at radius 1 is 1.57 bits per heavy atom. The van der Waals surface area contributed by atoms with E-state index in [2.05, 4.69) is 27.6 Å². The van der Waals surface area contributed by atoms with E-state index in [0.29, 0.717) is 30.1 Å². The average Bonchev–Trinajstić information content (AvgIpc) is 3.20. The van der Waals surface area contributed by atoms with Crippen molar-refractivity contribution in [2.75, 3.05) is 17.6 Å². The van der Waals surface area contributed by atoms with Crippen molar-refractivity contribution in [2.24, 2.45) is 5.92 Å². The average molecular weight is 334 g/mol. The Kier molecular flexibility index (Phi) is 4.51. The van der Waals surface area contributed by atoms with Crippen LogP contribution in [-0.4, -0.2) is 27.3 Å². The van der Waals surface area contributed by atoms with Crippen molar-refractivity contribution in [1.82, 2.24) is 20.1 Å². The maximum atomic E-state index is 12.1. The molecule has 1 atom stereocenters. The number of urea groups is 1. The van der Waals surface area contributed by atoms with E-state index in [9.17, 15) is 4.79 Å². The maximum absolute atomic E-state index is 12.1.